The minimum atomic E-state index is -0.446. The summed E-state index contributed by atoms with van der Waals surface area (Å²) in [6.45, 7) is 1.95. The predicted molar refractivity (Wildman–Crippen MR) is 100 cm³/mol. The Morgan fingerprint density at radius 2 is 1.85 bits per heavy atom. The van der Waals surface area contributed by atoms with E-state index >= 15 is 0 Å². The van der Waals surface area contributed by atoms with E-state index in [9.17, 15) is 4.79 Å². The lowest BCUT2D eigenvalue weighted by Gasteiger charge is -2.14. The molecule has 0 saturated carbocycles. The first-order chi connectivity index (χ1) is 12.6. The average Bonchev–Trinajstić information content (AvgIpc) is 2.62. The molecule has 0 atom stereocenters. The van der Waals surface area contributed by atoms with Gasteiger partial charge in [0.05, 0.1) is 11.3 Å². The highest BCUT2D eigenvalue weighted by molar-refractivity contribution is 6.01. The fourth-order valence-electron chi connectivity index (χ4n) is 2.90. The molecule has 128 valence electrons. The summed E-state index contributed by atoms with van der Waals surface area (Å²) in [7, 11) is 0. The van der Waals surface area contributed by atoms with Crippen molar-refractivity contribution in [2.75, 3.05) is 11.1 Å². The summed E-state index contributed by atoms with van der Waals surface area (Å²) >= 11 is 0. The second-order valence-electron chi connectivity index (χ2n) is 5.75. The number of rotatable bonds is 3. The number of hydrogen-bond donors (Lipinski definition) is 2. The normalized spacial score (nSPS) is 10.8. The van der Waals surface area contributed by atoms with E-state index in [1.54, 1.807) is 6.07 Å². The Labute approximate surface area is 148 Å². The number of nitrogens with two attached hydrogens (primary N) is 1. The van der Waals surface area contributed by atoms with E-state index in [1.165, 1.54) is 6.33 Å². The topological polar surface area (TPSA) is 107 Å². The van der Waals surface area contributed by atoms with E-state index < -0.39 is 5.63 Å². The highest BCUT2D eigenvalue weighted by Crippen LogP contribution is 2.35. The van der Waals surface area contributed by atoms with Crippen LogP contribution in [0, 0.1) is 6.92 Å². The molecule has 0 aliphatic rings. The first-order valence-electron chi connectivity index (χ1n) is 7.97. The number of anilines is 3. The van der Waals surface area contributed by atoms with Crippen molar-refractivity contribution in [1.29, 1.82) is 0 Å². The van der Waals surface area contributed by atoms with Crippen LogP contribution in [0.3, 0.4) is 0 Å². The third kappa shape index (κ3) is 2.75. The Kier molecular flexibility index (Phi) is 3.81. The third-order valence-electron chi connectivity index (χ3n) is 4.03. The summed E-state index contributed by atoms with van der Waals surface area (Å²) in [6, 6.07) is 14.9. The van der Waals surface area contributed by atoms with Gasteiger partial charge in [-0.1, -0.05) is 42.5 Å². The lowest BCUT2D eigenvalue weighted by Crippen LogP contribution is -2.10. The molecular weight excluding hydrogens is 330 g/mol. The second-order valence-corrected chi connectivity index (χ2v) is 5.75. The molecule has 0 bridgehead atoms. The van der Waals surface area contributed by atoms with Crippen LogP contribution in [0.4, 0.5) is 17.6 Å². The van der Waals surface area contributed by atoms with E-state index in [4.69, 9.17) is 10.2 Å². The van der Waals surface area contributed by atoms with E-state index in [2.05, 4.69) is 20.3 Å². The zero-order chi connectivity index (χ0) is 18.1. The standard InChI is InChI=1S/C19H15N5O2/c1-11-6-5-9-13-14(11)16(23-19-22-10-21-18(20)24-19)15(17(25)26-13)12-7-3-2-4-8-12/h2-10H,1H3,(H3,20,21,22,23,24). The van der Waals surface area contributed by atoms with Crippen molar-refractivity contribution in [1.82, 2.24) is 15.0 Å². The van der Waals surface area contributed by atoms with Crippen molar-refractivity contribution in [3.63, 3.8) is 0 Å². The summed E-state index contributed by atoms with van der Waals surface area (Å²) in [5.74, 6) is 0.345. The van der Waals surface area contributed by atoms with Crippen molar-refractivity contribution >= 4 is 28.6 Å². The zero-order valence-electron chi connectivity index (χ0n) is 13.9. The molecule has 7 nitrogen and oxygen atoms in total. The van der Waals surface area contributed by atoms with Crippen LogP contribution in [0.2, 0.25) is 0 Å². The molecule has 4 rings (SSSR count). The maximum atomic E-state index is 12.7. The molecule has 7 heteroatoms. The Balaban J connectivity index is 2.05. The van der Waals surface area contributed by atoms with Crippen LogP contribution >= 0.6 is 0 Å². The minimum absolute atomic E-state index is 0.0905. The zero-order valence-corrected chi connectivity index (χ0v) is 13.9. The fraction of sp³-hybridized carbons (Fsp3) is 0.0526. The smallest absolute Gasteiger partial charge is 0.346 e. The van der Waals surface area contributed by atoms with Crippen molar-refractivity contribution in [3.05, 3.63) is 70.8 Å². The van der Waals surface area contributed by atoms with Gasteiger partial charge in [0, 0.05) is 5.39 Å². The van der Waals surface area contributed by atoms with Crippen LogP contribution in [-0.2, 0) is 0 Å². The van der Waals surface area contributed by atoms with E-state index in [1.807, 2.05) is 49.4 Å². The van der Waals surface area contributed by atoms with Gasteiger partial charge in [-0.15, -0.1) is 0 Å². The van der Waals surface area contributed by atoms with Crippen LogP contribution in [0.15, 0.2) is 64.1 Å². The highest BCUT2D eigenvalue weighted by Gasteiger charge is 2.18. The Bertz CT molecular complexity index is 1160. The molecule has 0 unspecified atom stereocenters. The molecule has 0 fully saturated rings. The average molecular weight is 345 g/mol. The van der Waals surface area contributed by atoms with E-state index in [0.29, 0.717) is 16.8 Å². The van der Waals surface area contributed by atoms with Crippen LogP contribution in [-0.4, -0.2) is 15.0 Å². The van der Waals surface area contributed by atoms with Crippen LogP contribution in [0.5, 0.6) is 0 Å². The van der Waals surface area contributed by atoms with Crippen molar-refractivity contribution in [2.45, 2.75) is 6.92 Å². The number of nitrogens with zero attached hydrogens (tertiary/aromatic N) is 3. The molecule has 0 aliphatic carbocycles. The number of fused-ring (bicyclic) bond motifs is 1. The summed E-state index contributed by atoms with van der Waals surface area (Å²) in [6.07, 6.45) is 1.31. The van der Waals surface area contributed by atoms with Gasteiger partial charge in [-0.2, -0.15) is 4.98 Å². The second kappa shape index (κ2) is 6.29. The molecule has 2 heterocycles. The minimum Gasteiger partial charge on any atom is -0.422 e. The van der Waals surface area contributed by atoms with Crippen molar-refractivity contribution in [2.24, 2.45) is 0 Å². The monoisotopic (exact) mass is 345 g/mol. The molecule has 26 heavy (non-hydrogen) atoms. The number of nitrogens with one attached hydrogen (secondary N) is 1. The first-order valence-corrected chi connectivity index (χ1v) is 7.97. The number of aromatic nitrogens is 3. The Morgan fingerprint density at radius 1 is 1.04 bits per heavy atom. The molecule has 2 aromatic carbocycles. The van der Waals surface area contributed by atoms with Gasteiger partial charge in [-0.25, -0.2) is 14.8 Å². The van der Waals surface area contributed by atoms with Crippen LogP contribution < -0.4 is 16.7 Å². The van der Waals surface area contributed by atoms with Gasteiger partial charge in [0.1, 0.15) is 11.9 Å². The Hall–Kier alpha value is -3.74. The van der Waals surface area contributed by atoms with Crippen molar-refractivity contribution < 1.29 is 4.42 Å². The molecule has 4 aromatic rings. The number of benzene rings is 2. The molecule has 2 aromatic heterocycles. The molecule has 0 saturated heterocycles. The first kappa shape index (κ1) is 15.8. The fourth-order valence-corrected chi connectivity index (χ4v) is 2.90. The number of hydrogen-bond acceptors (Lipinski definition) is 7. The van der Waals surface area contributed by atoms with E-state index in [0.717, 1.165) is 16.5 Å². The largest absolute Gasteiger partial charge is 0.422 e. The molecule has 0 spiro atoms. The van der Waals surface area contributed by atoms with Crippen LogP contribution in [0.1, 0.15) is 5.56 Å². The third-order valence-corrected chi connectivity index (χ3v) is 4.03. The highest BCUT2D eigenvalue weighted by atomic mass is 16.4. The molecule has 0 aliphatic heterocycles. The van der Waals surface area contributed by atoms with Gasteiger partial charge >= 0.3 is 5.63 Å². The summed E-state index contributed by atoms with van der Waals surface area (Å²) in [4.78, 5) is 24.7. The van der Waals surface area contributed by atoms with Gasteiger partial charge in [0.15, 0.2) is 0 Å². The molecular formula is C19H15N5O2. The number of aryl methyl sites for hydroxylation is 1. The summed E-state index contributed by atoms with van der Waals surface area (Å²) < 4.78 is 5.56. The lowest BCUT2D eigenvalue weighted by atomic mass is 10.0. The summed E-state index contributed by atoms with van der Waals surface area (Å²) in [5, 5.41) is 3.92. The molecule has 3 N–H and O–H groups in total. The maximum absolute atomic E-state index is 12.7. The van der Waals surface area contributed by atoms with Gasteiger partial charge in [0.2, 0.25) is 11.9 Å². The van der Waals surface area contributed by atoms with Crippen LogP contribution in [0.25, 0.3) is 22.1 Å². The van der Waals surface area contributed by atoms with Gasteiger partial charge in [0.25, 0.3) is 0 Å². The quantitative estimate of drug-likeness (QED) is 0.549. The predicted octanol–water partition coefficient (Wildman–Crippen LogP) is 3.28. The molecule has 0 radical (unpaired) electrons. The van der Waals surface area contributed by atoms with Gasteiger partial charge in [-0.3, -0.25) is 0 Å². The van der Waals surface area contributed by atoms with Crippen molar-refractivity contribution in [3.8, 4) is 11.1 Å². The SMILES string of the molecule is Cc1cccc2oc(=O)c(-c3ccccc3)c(Nc3ncnc(N)n3)c12. The van der Waals surface area contributed by atoms with Gasteiger partial charge in [-0.05, 0) is 24.1 Å². The van der Waals surface area contributed by atoms with E-state index in [-0.39, 0.29) is 11.9 Å². The number of nitrogen functional groups attached to an aromatic ring is 1. The maximum Gasteiger partial charge on any atom is 0.346 e. The van der Waals surface area contributed by atoms with Gasteiger partial charge < -0.3 is 15.5 Å². The summed E-state index contributed by atoms with van der Waals surface area (Å²) in [5.41, 5.74) is 8.36. The Morgan fingerprint density at radius 3 is 2.62 bits per heavy atom. The molecule has 0 amide bonds. The lowest BCUT2D eigenvalue weighted by molar-refractivity contribution is 0.564.